The number of benzene rings is 1. The summed E-state index contributed by atoms with van der Waals surface area (Å²) in [5, 5.41) is 0.0692. The molecule has 0 amide bonds. The molecule has 0 aromatic heterocycles. The summed E-state index contributed by atoms with van der Waals surface area (Å²) in [6, 6.07) is 3.95. The average molecular weight is 317 g/mol. The Bertz CT molecular complexity index is 661. The van der Waals surface area contributed by atoms with E-state index in [0.717, 1.165) is 19.1 Å². The summed E-state index contributed by atoms with van der Waals surface area (Å²) in [6.07, 6.45) is 2.44. The fraction of sp³-hybridized carbons (Fsp3) is 0.385. The molecule has 108 valence electrons. The number of carbonyl (C=O) groups excluding carboxylic acids is 2. The molecule has 1 fully saturated rings. The third-order valence-electron chi connectivity index (χ3n) is 2.86. The van der Waals surface area contributed by atoms with E-state index in [2.05, 4.69) is 4.18 Å². The number of halogens is 1. The smallest absolute Gasteiger partial charge is 0.306 e. The zero-order valence-corrected chi connectivity index (χ0v) is 12.3. The summed E-state index contributed by atoms with van der Waals surface area (Å²) in [7, 11) is -3.65. The van der Waals surface area contributed by atoms with Crippen molar-refractivity contribution in [2.45, 2.75) is 19.3 Å². The molecule has 0 aliphatic heterocycles. The van der Waals surface area contributed by atoms with Crippen LogP contribution in [0.1, 0.15) is 29.6 Å². The van der Waals surface area contributed by atoms with Gasteiger partial charge in [-0.15, -0.1) is 0 Å². The number of ketones is 2. The standard InChI is InChI=1S/C13H13ClO5S/c1-20(17,18)19-9-4-5-10(11(14)6-9)13(16)7-12(15)8-2-3-8/h4-6,8H,2-3,7H2,1H3. The fourth-order valence-electron chi connectivity index (χ4n) is 1.75. The molecule has 1 aromatic rings. The highest BCUT2D eigenvalue weighted by molar-refractivity contribution is 7.86. The quantitative estimate of drug-likeness (QED) is 0.457. The van der Waals surface area contributed by atoms with Crippen molar-refractivity contribution in [3.63, 3.8) is 0 Å². The van der Waals surface area contributed by atoms with Crippen molar-refractivity contribution < 1.29 is 22.2 Å². The number of carbonyl (C=O) groups is 2. The summed E-state index contributed by atoms with van der Waals surface area (Å²) in [6.45, 7) is 0. The summed E-state index contributed by atoms with van der Waals surface area (Å²) >= 11 is 5.92. The summed E-state index contributed by atoms with van der Waals surface area (Å²) in [5.41, 5.74) is 0.196. The van der Waals surface area contributed by atoms with Crippen LogP contribution >= 0.6 is 11.6 Å². The Morgan fingerprint density at radius 3 is 2.50 bits per heavy atom. The number of rotatable bonds is 6. The van der Waals surface area contributed by atoms with Gasteiger partial charge in [0.1, 0.15) is 11.5 Å². The molecule has 0 spiro atoms. The number of hydrogen-bond acceptors (Lipinski definition) is 5. The van der Waals surface area contributed by atoms with E-state index >= 15 is 0 Å². The first-order chi connectivity index (χ1) is 9.26. The zero-order chi connectivity index (χ0) is 14.9. The van der Waals surface area contributed by atoms with Crippen LogP contribution in [-0.4, -0.2) is 26.2 Å². The maximum Gasteiger partial charge on any atom is 0.306 e. The molecule has 1 aliphatic rings. The Kier molecular flexibility index (Phi) is 4.15. The van der Waals surface area contributed by atoms with Gasteiger partial charge in [0.15, 0.2) is 5.78 Å². The second kappa shape index (κ2) is 5.54. The van der Waals surface area contributed by atoms with Crippen molar-refractivity contribution in [1.29, 1.82) is 0 Å². The molecular formula is C13H13ClO5S. The summed E-state index contributed by atoms with van der Waals surface area (Å²) < 4.78 is 26.6. The minimum absolute atomic E-state index is 0.0190. The van der Waals surface area contributed by atoms with Gasteiger partial charge in [0, 0.05) is 17.5 Å². The second-order valence-corrected chi connectivity index (χ2v) is 6.75. The van der Waals surface area contributed by atoms with Crippen molar-refractivity contribution in [3.05, 3.63) is 28.8 Å². The SMILES string of the molecule is CS(=O)(=O)Oc1ccc(C(=O)CC(=O)C2CC2)c(Cl)c1. The Morgan fingerprint density at radius 2 is 2.00 bits per heavy atom. The predicted octanol–water partition coefficient (Wildman–Crippen LogP) is 2.23. The van der Waals surface area contributed by atoms with E-state index in [1.165, 1.54) is 18.2 Å². The Labute approximate surface area is 122 Å². The zero-order valence-electron chi connectivity index (χ0n) is 10.8. The molecule has 0 radical (unpaired) electrons. The van der Waals surface area contributed by atoms with E-state index in [0.29, 0.717) is 0 Å². The summed E-state index contributed by atoms with van der Waals surface area (Å²) in [5.74, 6) is -0.381. The average Bonchev–Trinajstić information content (AvgIpc) is 3.09. The predicted molar refractivity (Wildman–Crippen MR) is 73.6 cm³/mol. The van der Waals surface area contributed by atoms with Crippen molar-refractivity contribution >= 4 is 33.3 Å². The highest BCUT2D eigenvalue weighted by atomic mass is 35.5. The van der Waals surface area contributed by atoms with Crippen LogP contribution in [0.5, 0.6) is 5.75 Å². The molecule has 0 unspecified atom stereocenters. The lowest BCUT2D eigenvalue weighted by Gasteiger charge is -2.06. The van der Waals surface area contributed by atoms with Gasteiger partial charge in [0.05, 0.1) is 17.7 Å². The van der Waals surface area contributed by atoms with Crippen LogP contribution in [0, 0.1) is 5.92 Å². The first-order valence-corrected chi connectivity index (χ1v) is 8.20. The minimum atomic E-state index is -3.65. The Balaban J connectivity index is 2.12. The fourth-order valence-corrected chi connectivity index (χ4v) is 2.48. The van der Waals surface area contributed by atoms with E-state index in [-0.39, 0.29) is 40.2 Å². The molecule has 0 bridgehead atoms. The lowest BCUT2D eigenvalue weighted by Crippen LogP contribution is -2.10. The largest absolute Gasteiger partial charge is 0.383 e. The maximum absolute atomic E-state index is 11.9. The lowest BCUT2D eigenvalue weighted by atomic mass is 10.0. The first kappa shape index (κ1) is 15.0. The van der Waals surface area contributed by atoms with Gasteiger partial charge in [-0.25, -0.2) is 0 Å². The van der Waals surface area contributed by atoms with Gasteiger partial charge >= 0.3 is 10.1 Å². The first-order valence-electron chi connectivity index (χ1n) is 6.01. The van der Waals surface area contributed by atoms with E-state index < -0.39 is 10.1 Å². The molecule has 7 heteroatoms. The topological polar surface area (TPSA) is 77.5 Å². The molecular weight excluding hydrogens is 304 g/mol. The summed E-state index contributed by atoms with van der Waals surface area (Å²) in [4.78, 5) is 23.5. The van der Waals surface area contributed by atoms with Crippen molar-refractivity contribution in [2.24, 2.45) is 5.92 Å². The van der Waals surface area contributed by atoms with Gasteiger partial charge in [-0.05, 0) is 25.0 Å². The van der Waals surface area contributed by atoms with E-state index in [4.69, 9.17) is 11.6 Å². The van der Waals surface area contributed by atoms with Crippen LogP contribution in [0.2, 0.25) is 5.02 Å². The molecule has 0 saturated heterocycles. The highest BCUT2D eigenvalue weighted by Crippen LogP contribution is 2.32. The normalized spacial score (nSPS) is 14.9. The highest BCUT2D eigenvalue weighted by Gasteiger charge is 2.31. The van der Waals surface area contributed by atoms with Gasteiger partial charge in [-0.2, -0.15) is 8.42 Å². The minimum Gasteiger partial charge on any atom is -0.383 e. The van der Waals surface area contributed by atoms with Crippen LogP contribution in [-0.2, 0) is 14.9 Å². The van der Waals surface area contributed by atoms with E-state index in [9.17, 15) is 18.0 Å². The van der Waals surface area contributed by atoms with Gasteiger partial charge in [-0.1, -0.05) is 11.6 Å². The lowest BCUT2D eigenvalue weighted by molar-refractivity contribution is -0.119. The molecule has 1 aromatic carbocycles. The van der Waals surface area contributed by atoms with Crippen molar-refractivity contribution in [2.75, 3.05) is 6.26 Å². The van der Waals surface area contributed by atoms with E-state index in [1.54, 1.807) is 0 Å². The second-order valence-electron chi connectivity index (χ2n) is 4.77. The third-order valence-corrected chi connectivity index (χ3v) is 3.66. The number of Topliss-reactive ketones (excluding diaryl/α,β-unsaturated/α-hetero) is 2. The van der Waals surface area contributed by atoms with Gasteiger partial charge < -0.3 is 4.18 Å². The molecule has 1 saturated carbocycles. The van der Waals surface area contributed by atoms with Crippen molar-refractivity contribution in [1.82, 2.24) is 0 Å². The number of hydrogen-bond donors (Lipinski definition) is 0. The van der Waals surface area contributed by atoms with Gasteiger partial charge in [0.25, 0.3) is 0 Å². The molecule has 0 atom stereocenters. The monoisotopic (exact) mass is 316 g/mol. The third kappa shape index (κ3) is 4.05. The Hall–Kier alpha value is -1.40. The van der Waals surface area contributed by atoms with Crippen molar-refractivity contribution in [3.8, 4) is 5.75 Å². The Morgan fingerprint density at radius 1 is 1.35 bits per heavy atom. The molecule has 20 heavy (non-hydrogen) atoms. The van der Waals surface area contributed by atoms with E-state index in [1.807, 2.05) is 0 Å². The van der Waals surface area contributed by atoms with Crippen LogP contribution in [0.25, 0.3) is 0 Å². The van der Waals surface area contributed by atoms with Gasteiger partial charge in [-0.3, -0.25) is 9.59 Å². The molecule has 5 nitrogen and oxygen atoms in total. The molecule has 2 rings (SSSR count). The molecule has 1 aliphatic carbocycles. The maximum atomic E-state index is 11.9. The van der Waals surface area contributed by atoms with Crippen LogP contribution < -0.4 is 4.18 Å². The van der Waals surface area contributed by atoms with Crippen LogP contribution in [0.15, 0.2) is 18.2 Å². The molecule has 0 heterocycles. The van der Waals surface area contributed by atoms with Gasteiger partial charge in [0.2, 0.25) is 0 Å². The molecule has 0 N–H and O–H groups in total. The van der Waals surface area contributed by atoms with Crippen LogP contribution in [0.4, 0.5) is 0 Å². The van der Waals surface area contributed by atoms with Crippen LogP contribution in [0.3, 0.4) is 0 Å².